The number of hydrogen-bond acceptors (Lipinski definition) is 5. The average Bonchev–Trinajstić information content (AvgIpc) is 3.52. The Bertz CT molecular complexity index is 1070. The van der Waals surface area contributed by atoms with Crippen LogP contribution in [0.1, 0.15) is 59.5 Å². The zero-order valence-corrected chi connectivity index (χ0v) is 19.6. The minimum atomic E-state index is -0.945. The van der Waals surface area contributed by atoms with Gasteiger partial charge in [-0.15, -0.1) is 0 Å². The highest BCUT2D eigenvalue weighted by molar-refractivity contribution is 6.33. The van der Waals surface area contributed by atoms with Crippen LogP contribution in [0.25, 0.3) is 0 Å². The molecule has 0 bridgehead atoms. The average molecular weight is 510 g/mol. The molecule has 12 heteroatoms. The molecular formula is C23H26ClF2N5O4. The van der Waals surface area contributed by atoms with Gasteiger partial charge in [-0.2, -0.15) is 0 Å². The molecule has 35 heavy (non-hydrogen) atoms. The monoisotopic (exact) mass is 509 g/mol. The summed E-state index contributed by atoms with van der Waals surface area (Å²) in [5, 5.41) is 7.85. The third kappa shape index (κ3) is 6.15. The topological polar surface area (TPSA) is 125 Å². The first-order chi connectivity index (χ1) is 16.8. The first-order valence-electron chi connectivity index (χ1n) is 11.5. The van der Waals surface area contributed by atoms with E-state index >= 15 is 0 Å². The quantitative estimate of drug-likeness (QED) is 0.456. The number of ether oxygens (including phenoxy) is 1. The molecule has 3 amide bonds. The third-order valence-corrected chi connectivity index (χ3v) is 6.58. The van der Waals surface area contributed by atoms with Gasteiger partial charge in [0.15, 0.2) is 11.5 Å². The minimum Gasteiger partial charge on any atom is -0.376 e. The van der Waals surface area contributed by atoms with E-state index in [1.54, 1.807) is 0 Å². The molecule has 188 valence electrons. The zero-order valence-electron chi connectivity index (χ0n) is 18.8. The molecule has 4 N–H and O–H groups in total. The highest BCUT2D eigenvalue weighted by Gasteiger charge is 2.30. The summed E-state index contributed by atoms with van der Waals surface area (Å²) >= 11 is 5.85. The summed E-state index contributed by atoms with van der Waals surface area (Å²) in [6, 6.07) is 1.38. The molecule has 1 aromatic carbocycles. The van der Waals surface area contributed by atoms with E-state index in [2.05, 4.69) is 25.9 Å². The van der Waals surface area contributed by atoms with E-state index in [1.807, 2.05) is 0 Å². The Balaban J connectivity index is 1.27. The molecule has 1 saturated heterocycles. The number of imidazole rings is 1. The summed E-state index contributed by atoms with van der Waals surface area (Å²) < 4.78 is 32.7. The van der Waals surface area contributed by atoms with Crippen molar-refractivity contribution in [1.29, 1.82) is 0 Å². The second-order valence-electron chi connectivity index (χ2n) is 8.73. The molecule has 0 unspecified atom stereocenters. The fraction of sp³-hybridized carbons (Fsp3) is 0.478. The molecule has 0 radical (unpaired) electrons. The molecule has 9 nitrogen and oxygen atoms in total. The smallest absolute Gasteiger partial charge is 0.272 e. The maximum absolute atomic E-state index is 14.0. The largest absolute Gasteiger partial charge is 0.376 e. The minimum absolute atomic E-state index is 0.00626. The van der Waals surface area contributed by atoms with Crippen LogP contribution in [0.2, 0.25) is 5.02 Å². The summed E-state index contributed by atoms with van der Waals surface area (Å²) in [5.41, 5.74) is -0.180. The number of benzene rings is 1. The predicted molar refractivity (Wildman–Crippen MR) is 123 cm³/mol. The Morgan fingerprint density at radius 3 is 2.57 bits per heavy atom. The van der Waals surface area contributed by atoms with Crippen molar-refractivity contribution >= 4 is 35.0 Å². The summed E-state index contributed by atoms with van der Waals surface area (Å²) in [5.74, 6) is -3.52. The van der Waals surface area contributed by atoms with Crippen molar-refractivity contribution < 1.29 is 27.9 Å². The molecule has 2 heterocycles. The first kappa shape index (κ1) is 25.1. The Labute approximate surface area is 205 Å². The molecule has 2 aromatic rings. The van der Waals surface area contributed by atoms with E-state index in [9.17, 15) is 23.2 Å². The number of anilines is 1. The van der Waals surface area contributed by atoms with Crippen molar-refractivity contribution in [3.05, 3.63) is 46.5 Å². The van der Waals surface area contributed by atoms with Gasteiger partial charge in [-0.05, 0) is 44.6 Å². The molecule has 4 rings (SSSR count). The standard InChI is InChI=1S/C23H26ClF2N5O4/c24-16-8-13(25)9-17(26)18(16)31-21(32)12-3-5-14(6-4-12)30-23(34)20-19(28-11-29-20)22(33)27-10-15-2-1-7-35-15/h8-9,11-12,14-15H,1-7,10H2,(H,27,33)(H,28,29)(H,30,34)(H,31,32)/t12-,14-,15-/m0/s1. The van der Waals surface area contributed by atoms with Gasteiger partial charge in [-0.25, -0.2) is 13.8 Å². The lowest BCUT2D eigenvalue weighted by Gasteiger charge is -2.28. The summed E-state index contributed by atoms with van der Waals surface area (Å²) in [6.07, 6.45) is 5.02. The molecule has 1 aliphatic carbocycles. The van der Waals surface area contributed by atoms with E-state index < -0.39 is 35.3 Å². The van der Waals surface area contributed by atoms with Crippen molar-refractivity contribution in [2.45, 2.75) is 50.7 Å². The van der Waals surface area contributed by atoms with Gasteiger partial charge in [-0.3, -0.25) is 14.4 Å². The molecule has 1 atom stereocenters. The van der Waals surface area contributed by atoms with Gasteiger partial charge in [0, 0.05) is 31.2 Å². The first-order valence-corrected chi connectivity index (χ1v) is 11.9. The predicted octanol–water partition coefficient (Wildman–Crippen LogP) is 3.18. The van der Waals surface area contributed by atoms with Crippen LogP contribution in [0.3, 0.4) is 0 Å². The maximum Gasteiger partial charge on any atom is 0.272 e. The number of H-pyrrole nitrogens is 1. The number of nitrogens with one attached hydrogen (secondary N) is 4. The highest BCUT2D eigenvalue weighted by atomic mass is 35.5. The highest BCUT2D eigenvalue weighted by Crippen LogP contribution is 2.30. The molecule has 2 aliphatic rings. The molecule has 1 aliphatic heterocycles. The Hall–Kier alpha value is -3.05. The molecule has 2 fully saturated rings. The van der Waals surface area contributed by atoms with Crippen molar-refractivity contribution in [2.24, 2.45) is 5.92 Å². The summed E-state index contributed by atoms with van der Waals surface area (Å²) in [7, 11) is 0. The van der Waals surface area contributed by atoms with Crippen LogP contribution in [0.4, 0.5) is 14.5 Å². The lowest BCUT2D eigenvalue weighted by atomic mass is 9.85. The Morgan fingerprint density at radius 2 is 1.89 bits per heavy atom. The van der Waals surface area contributed by atoms with Crippen LogP contribution >= 0.6 is 11.6 Å². The second-order valence-corrected chi connectivity index (χ2v) is 9.13. The lowest BCUT2D eigenvalue weighted by Crippen LogP contribution is -2.40. The van der Waals surface area contributed by atoms with Gasteiger partial charge in [0.05, 0.1) is 23.1 Å². The number of amides is 3. The van der Waals surface area contributed by atoms with E-state index in [-0.39, 0.29) is 34.2 Å². The third-order valence-electron chi connectivity index (χ3n) is 6.28. The van der Waals surface area contributed by atoms with E-state index in [0.717, 1.165) is 18.9 Å². The second kappa shape index (κ2) is 11.1. The van der Waals surface area contributed by atoms with Crippen molar-refractivity contribution in [1.82, 2.24) is 20.6 Å². The van der Waals surface area contributed by atoms with Gasteiger partial charge < -0.3 is 25.7 Å². The van der Waals surface area contributed by atoms with Crippen molar-refractivity contribution in [2.75, 3.05) is 18.5 Å². The Kier molecular flexibility index (Phi) is 7.97. The van der Waals surface area contributed by atoms with Crippen LogP contribution in [-0.2, 0) is 9.53 Å². The van der Waals surface area contributed by atoms with Crippen molar-refractivity contribution in [3.8, 4) is 0 Å². The normalized spacial score (nSPS) is 22.0. The molecule has 0 spiro atoms. The van der Waals surface area contributed by atoms with Crippen LogP contribution in [0.15, 0.2) is 18.5 Å². The van der Waals surface area contributed by atoms with Gasteiger partial charge in [0.2, 0.25) is 5.91 Å². The van der Waals surface area contributed by atoms with Crippen LogP contribution in [0.5, 0.6) is 0 Å². The lowest BCUT2D eigenvalue weighted by molar-refractivity contribution is -0.120. The van der Waals surface area contributed by atoms with Gasteiger partial charge in [0.1, 0.15) is 11.5 Å². The number of carbonyl (C=O) groups is 3. The van der Waals surface area contributed by atoms with Gasteiger partial charge in [0.25, 0.3) is 11.8 Å². The van der Waals surface area contributed by atoms with Crippen LogP contribution in [-0.4, -0.2) is 53.0 Å². The number of hydrogen-bond donors (Lipinski definition) is 4. The summed E-state index contributed by atoms with van der Waals surface area (Å²) in [6.45, 7) is 1.03. The fourth-order valence-corrected chi connectivity index (χ4v) is 4.62. The van der Waals surface area contributed by atoms with E-state index in [1.165, 1.54) is 6.33 Å². The van der Waals surface area contributed by atoms with Crippen LogP contribution in [0, 0.1) is 17.6 Å². The number of halogens is 3. The number of nitrogens with zero attached hydrogens (tertiary/aromatic N) is 1. The number of aromatic amines is 1. The van der Waals surface area contributed by atoms with E-state index in [0.29, 0.717) is 44.9 Å². The maximum atomic E-state index is 14.0. The molecule has 1 aromatic heterocycles. The number of rotatable bonds is 7. The Morgan fingerprint density at radius 1 is 1.11 bits per heavy atom. The van der Waals surface area contributed by atoms with Crippen LogP contribution < -0.4 is 16.0 Å². The zero-order chi connectivity index (χ0) is 24.9. The number of carbonyl (C=O) groups excluding carboxylic acids is 3. The molecule has 1 saturated carbocycles. The summed E-state index contributed by atoms with van der Waals surface area (Å²) in [4.78, 5) is 44.5. The SMILES string of the molecule is O=C(NC[C@@H]1CCCO1)c1nc[nH]c1C(=O)N[C@H]1CC[C@H](C(=O)Nc2c(F)cc(F)cc2Cl)CC1. The van der Waals surface area contributed by atoms with E-state index in [4.69, 9.17) is 16.3 Å². The van der Waals surface area contributed by atoms with Crippen molar-refractivity contribution in [3.63, 3.8) is 0 Å². The van der Waals surface area contributed by atoms with Gasteiger partial charge in [-0.1, -0.05) is 11.6 Å². The number of aromatic nitrogens is 2. The van der Waals surface area contributed by atoms with Gasteiger partial charge >= 0.3 is 0 Å². The fourth-order valence-electron chi connectivity index (χ4n) is 4.38. The molecular weight excluding hydrogens is 484 g/mol.